The molecule has 3 aromatic carbocycles. The third-order valence-corrected chi connectivity index (χ3v) is 6.32. The Balaban J connectivity index is 1.53. The molecular formula is C30H26N4O4. The number of hydrogen-bond donors (Lipinski definition) is 1. The average molecular weight is 507 g/mol. The third kappa shape index (κ3) is 4.71. The molecule has 0 amide bonds. The monoisotopic (exact) mass is 506 g/mol. The van der Waals surface area contributed by atoms with Crippen molar-refractivity contribution in [2.45, 2.75) is 26.9 Å². The molecule has 0 saturated heterocycles. The summed E-state index contributed by atoms with van der Waals surface area (Å²) < 4.78 is 8.85. The van der Waals surface area contributed by atoms with Crippen LogP contribution in [0.25, 0.3) is 28.0 Å². The maximum atomic E-state index is 13.4. The van der Waals surface area contributed by atoms with Gasteiger partial charge in [-0.05, 0) is 63.2 Å². The molecule has 0 aliphatic carbocycles. The minimum atomic E-state index is -1.02. The van der Waals surface area contributed by atoms with E-state index < -0.39 is 12.1 Å². The van der Waals surface area contributed by atoms with Gasteiger partial charge in [-0.2, -0.15) is 9.78 Å². The number of ether oxygens (including phenoxy) is 1. The fourth-order valence-corrected chi connectivity index (χ4v) is 4.37. The van der Waals surface area contributed by atoms with Gasteiger partial charge in [-0.15, -0.1) is 0 Å². The number of aromatic nitrogens is 3. The number of carboxylic acids is 1. The fraction of sp³-hybridized carbons (Fsp3) is 0.133. The summed E-state index contributed by atoms with van der Waals surface area (Å²) in [5, 5.41) is 14.2. The first-order valence-corrected chi connectivity index (χ1v) is 12.1. The van der Waals surface area contributed by atoms with E-state index in [4.69, 9.17) is 14.8 Å². The summed E-state index contributed by atoms with van der Waals surface area (Å²) >= 11 is 0. The van der Waals surface area contributed by atoms with Crippen molar-refractivity contribution in [3.8, 4) is 22.8 Å². The second-order valence-electron chi connectivity index (χ2n) is 8.93. The number of aliphatic carboxylic acids is 1. The number of fused-ring (bicyclic) bond motifs is 1. The molecule has 0 radical (unpaired) electrons. The van der Waals surface area contributed by atoms with E-state index in [1.165, 1.54) is 11.6 Å². The standard InChI is InChI=1S/C30H26N4O4/c1-19-17-23(20(2)33(19)24-13-15-25(16-14-24)38-21(3)30(36)37)18-31-34-28(22-9-5-4-6-10-22)32-27-12-8-7-11-26(27)29(34)35/h4-18,21H,1-3H3,(H,36,37)/t21-/m1/s1. The van der Waals surface area contributed by atoms with Crippen LogP contribution in [0.5, 0.6) is 5.75 Å². The Morgan fingerprint density at radius 1 is 1.00 bits per heavy atom. The number of hydrogen-bond acceptors (Lipinski definition) is 5. The molecule has 2 heterocycles. The summed E-state index contributed by atoms with van der Waals surface area (Å²) in [6.45, 7) is 5.45. The summed E-state index contributed by atoms with van der Waals surface area (Å²) in [5.74, 6) is -0.0821. The maximum absolute atomic E-state index is 13.4. The van der Waals surface area contributed by atoms with E-state index in [1.807, 2.05) is 80.6 Å². The number of carboxylic acid groups (broad SMARTS) is 1. The van der Waals surface area contributed by atoms with Gasteiger partial charge in [0.15, 0.2) is 11.9 Å². The zero-order valence-corrected chi connectivity index (χ0v) is 21.2. The van der Waals surface area contributed by atoms with E-state index in [9.17, 15) is 9.59 Å². The van der Waals surface area contributed by atoms with E-state index in [0.29, 0.717) is 22.5 Å². The third-order valence-electron chi connectivity index (χ3n) is 6.32. The minimum Gasteiger partial charge on any atom is -0.479 e. The molecule has 5 aromatic rings. The smallest absolute Gasteiger partial charge is 0.344 e. The molecule has 1 N–H and O–H groups in total. The van der Waals surface area contributed by atoms with Crippen molar-refractivity contribution >= 4 is 23.1 Å². The molecule has 190 valence electrons. The van der Waals surface area contributed by atoms with Gasteiger partial charge in [-0.1, -0.05) is 42.5 Å². The Morgan fingerprint density at radius 3 is 2.39 bits per heavy atom. The molecule has 8 heteroatoms. The summed E-state index contributed by atoms with van der Waals surface area (Å²) in [4.78, 5) is 29.2. The van der Waals surface area contributed by atoms with Crippen LogP contribution in [0.4, 0.5) is 0 Å². The van der Waals surface area contributed by atoms with Crippen LogP contribution in [0.3, 0.4) is 0 Å². The van der Waals surface area contributed by atoms with E-state index in [0.717, 1.165) is 28.2 Å². The van der Waals surface area contributed by atoms with Crippen LogP contribution < -0.4 is 10.3 Å². The average Bonchev–Trinajstić information content (AvgIpc) is 3.21. The molecule has 0 saturated carbocycles. The molecule has 0 fully saturated rings. The van der Waals surface area contributed by atoms with E-state index >= 15 is 0 Å². The van der Waals surface area contributed by atoms with Crippen LogP contribution in [0, 0.1) is 13.8 Å². The number of nitrogens with zero attached hydrogens (tertiary/aromatic N) is 4. The maximum Gasteiger partial charge on any atom is 0.344 e. The van der Waals surface area contributed by atoms with Gasteiger partial charge in [-0.3, -0.25) is 4.79 Å². The van der Waals surface area contributed by atoms with Crippen LogP contribution in [-0.2, 0) is 4.79 Å². The Kier molecular flexibility index (Phi) is 6.62. The van der Waals surface area contributed by atoms with Gasteiger partial charge in [0.1, 0.15) is 5.75 Å². The molecule has 0 bridgehead atoms. The SMILES string of the molecule is Cc1cc(C=Nn2c(-c3ccccc3)nc3ccccc3c2=O)c(C)n1-c1ccc(O[C@H](C)C(=O)O)cc1. The number of para-hydroxylation sites is 1. The van der Waals surface area contributed by atoms with Gasteiger partial charge in [-0.25, -0.2) is 9.78 Å². The van der Waals surface area contributed by atoms with Crippen molar-refractivity contribution in [3.05, 3.63) is 112 Å². The number of carbonyl (C=O) groups is 1. The zero-order chi connectivity index (χ0) is 26.8. The predicted octanol–water partition coefficient (Wildman–Crippen LogP) is 5.21. The lowest BCUT2D eigenvalue weighted by atomic mass is 10.2. The van der Waals surface area contributed by atoms with Gasteiger partial charge < -0.3 is 14.4 Å². The Morgan fingerprint density at radius 2 is 1.68 bits per heavy atom. The van der Waals surface area contributed by atoms with E-state index in [-0.39, 0.29) is 5.56 Å². The highest BCUT2D eigenvalue weighted by Crippen LogP contribution is 2.23. The number of benzene rings is 3. The molecule has 0 aliphatic rings. The lowest BCUT2D eigenvalue weighted by Crippen LogP contribution is -2.22. The van der Waals surface area contributed by atoms with Crippen LogP contribution in [-0.4, -0.2) is 37.6 Å². The minimum absolute atomic E-state index is 0.245. The molecule has 0 aliphatic heterocycles. The summed E-state index contributed by atoms with van der Waals surface area (Å²) in [6.07, 6.45) is 0.738. The van der Waals surface area contributed by atoms with Crippen LogP contribution in [0.2, 0.25) is 0 Å². The molecule has 0 spiro atoms. The van der Waals surface area contributed by atoms with Gasteiger partial charge >= 0.3 is 5.97 Å². The number of aryl methyl sites for hydroxylation is 1. The van der Waals surface area contributed by atoms with Crippen molar-refractivity contribution < 1.29 is 14.6 Å². The van der Waals surface area contributed by atoms with Gasteiger partial charge in [0, 0.05) is 28.2 Å². The van der Waals surface area contributed by atoms with Crippen LogP contribution in [0.15, 0.2) is 94.8 Å². The normalized spacial score (nSPS) is 12.2. The Labute approximate surface area is 219 Å². The van der Waals surface area contributed by atoms with Crippen molar-refractivity contribution in [3.63, 3.8) is 0 Å². The quantitative estimate of drug-likeness (QED) is 0.306. The zero-order valence-electron chi connectivity index (χ0n) is 21.2. The van der Waals surface area contributed by atoms with Crippen molar-refractivity contribution in [1.29, 1.82) is 0 Å². The molecule has 8 nitrogen and oxygen atoms in total. The van der Waals surface area contributed by atoms with Gasteiger partial charge in [0.2, 0.25) is 0 Å². The second kappa shape index (κ2) is 10.2. The van der Waals surface area contributed by atoms with Crippen LogP contribution in [0.1, 0.15) is 23.9 Å². The summed E-state index contributed by atoms with van der Waals surface area (Å²) in [5.41, 5.74) is 4.81. The first kappa shape index (κ1) is 24.7. The van der Waals surface area contributed by atoms with Gasteiger partial charge in [0.05, 0.1) is 17.1 Å². The molecule has 38 heavy (non-hydrogen) atoms. The van der Waals surface area contributed by atoms with Crippen molar-refractivity contribution in [2.75, 3.05) is 0 Å². The molecule has 5 rings (SSSR count). The van der Waals surface area contributed by atoms with Crippen molar-refractivity contribution in [1.82, 2.24) is 14.2 Å². The first-order chi connectivity index (χ1) is 18.3. The molecule has 2 aromatic heterocycles. The second-order valence-corrected chi connectivity index (χ2v) is 8.93. The molecule has 1 atom stereocenters. The number of rotatable bonds is 7. The topological polar surface area (TPSA) is 98.7 Å². The predicted molar refractivity (Wildman–Crippen MR) is 147 cm³/mol. The lowest BCUT2D eigenvalue weighted by Gasteiger charge is -2.13. The van der Waals surface area contributed by atoms with Gasteiger partial charge in [0.25, 0.3) is 5.56 Å². The van der Waals surface area contributed by atoms with Crippen LogP contribution >= 0.6 is 0 Å². The fourth-order valence-electron chi connectivity index (χ4n) is 4.37. The first-order valence-electron chi connectivity index (χ1n) is 12.1. The Bertz CT molecular complexity index is 1720. The van der Waals surface area contributed by atoms with Crippen molar-refractivity contribution in [2.24, 2.45) is 5.10 Å². The highest BCUT2D eigenvalue weighted by Gasteiger charge is 2.15. The lowest BCUT2D eigenvalue weighted by molar-refractivity contribution is -0.144. The largest absolute Gasteiger partial charge is 0.479 e. The highest BCUT2D eigenvalue weighted by atomic mass is 16.5. The molecule has 0 unspecified atom stereocenters. The van der Waals surface area contributed by atoms with E-state index in [2.05, 4.69) is 9.67 Å². The molecular weight excluding hydrogens is 480 g/mol. The summed E-state index contributed by atoms with van der Waals surface area (Å²) in [6, 6.07) is 26.0. The Hall–Kier alpha value is -4.98. The summed E-state index contributed by atoms with van der Waals surface area (Å²) in [7, 11) is 0. The van der Waals surface area contributed by atoms with E-state index in [1.54, 1.807) is 24.4 Å². The highest BCUT2D eigenvalue weighted by molar-refractivity contribution is 5.83.